The van der Waals surface area contributed by atoms with E-state index in [0.29, 0.717) is 0 Å². The van der Waals surface area contributed by atoms with Gasteiger partial charge in [-0.1, -0.05) is 13.3 Å². The average molecular weight is 116 g/mol. The molecule has 0 aromatic carbocycles. The monoisotopic (exact) mass is 116 g/mol. The fourth-order valence-corrected chi connectivity index (χ4v) is 1.91. The molecule has 42 valence electrons. The van der Waals surface area contributed by atoms with E-state index in [9.17, 15) is 0 Å². The lowest BCUT2D eigenvalue weighted by molar-refractivity contribution is 0.613. The van der Waals surface area contributed by atoms with Gasteiger partial charge in [0.15, 0.2) is 0 Å². The zero-order valence-corrected chi connectivity index (χ0v) is 6.01. The van der Waals surface area contributed by atoms with Crippen LogP contribution >= 0.6 is 9.24 Å². The summed E-state index contributed by atoms with van der Waals surface area (Å²) in [6, 6.07) is 0. The molecule has 3 atom stereocenters. The zero-order chi connectivity index (χ0) is 5.28. The lowest BCUT2D eigenvalue weighted by Gasteiger charge is -1.96. The molecule has 0 aliphatic heterocycles. The van der Waals surface area contributed by atoms with Crippen molar-refractivity contribution in [2.75, 3.05) is 0 Å². The molecule has 0 nitrogen and oxygen atoms in total. The third-order valence-corrected chi connectivity index (χ3v) is 2.34. The molecule has 0 saturated heterocycles. The second-order valence-corrected chi connectivity index (χ2v) is 3.62. The Labute approximate surface area is 47.9 Å². The summed E-state index contributed by atoms with van der Waals surface area (Å²) in [6.45, 7) is 2.34. The third kappa shape index (κ3) is 1.42. The Hall–Kier alpha value is 0.430. The Bertz CT molecular complexity index is 53.2. The van der Waals surface area contributed by atoms with Gasteiger partial charge >= 0.3 is 0 Å². The molecule has 0 N–H and O–H groups in total. The van der Waals surface area contributed by atoms with Gasteiger partial charge in [0.05, 0.1) is 0 Å². The van der Waals surface area contributed by atoms with Gasteiger partial charge in [0, 0.05) is 0 Å². The molecule has 1 rings (SSSR count). The molecule has 0 bridgehead atoms. The maximum atomic E-state index is 2.90. The lowest BCUT2D eigenvalue weighted by Crippen LogP contribution is -1.86. The third-order valence-electron chi connectivity index (χ3n) is 1.74. The molecule has 1 aliphatic carbocycles. The summed E-state index contributed by atoms with van der Waals surface area (Å²) >= 11 is 0. The van der Waals surface area contributed by atoms with Crippen molar-refractivity contribution in [2.24, 2.45) is 5.92 Å². The fourth-order valence-electron chi connectivity index (χ4n) is 1.25. The van der Waals surface area contributed by atoms with Crippen molar-refractivity contribution in [1.29, 1.82) is 0 Å². The largest absolute Gasteiger partial charge is 0.134 e. The highest BCUT2D eigenvalue weighted by Crippen LogP contribution is 2.29. The predicted octanol–water partition coefficient (Wildman–Crippen LogP) is 2.05. The fraction of sp³-hybridized carbons (Fsp3) is 1.00. The Morgan fingerprint density at radius 1 is 1.43 bits per heavy atom. The minimum absolute atomic E-state index is 0.940. The van der Waals surface area contributed by atoms with Gasteiger partial charge in [0.2, 0.25) is 0 Å². The van der Waals surface area contributed by atoms with Gasteiger partial charge in [-0.05, 0) is 24.4 Å². The van der Waals surface area contributed by atoms with Crippen molar-refractivity contribution in [3.05, 3.63) is 0 Å². The van der Waals surface area contributed by atoms with Crippen molar-refractivity contribution in [3.63, 3.8) is 0 Å². The topological polar surface area (TPSA) is 0 Å². The summed E-state index contributed by atoms with van der Waals surface area (Å²) in [4.78, 5) is 0. The molecule has 1 saturated carbocycles. The summed E-state index contributed by atoms with van der Waals surface area (Å²) in [5.41, 5.74) is 0.940. The van der Waals surface area contributed by atoms with Crippen molar-refractivity contribution in [2.45, 2.75) is 31.8 Å². The molecule has 0 heterocycles. The summed E-state index contributed by atoms with van der Waals surface area (Å²) in [6.07, 6.45) is 4.32. The van der Waals surface area contributed by atoms with E-state index in [2.05, 4.69) is 16.2 Å². The highest BCUT2D eigenvalue weighted by molar-refractivity contribution is 7.17. The molecule has 1 aliphatic rings. The SMILES string of the molecule is CC1CCC(P)C1. The van der Waals surface area contributed by atoms with Gasteiger partial charge in [0.1, 0.15) is 0 Å². The minimum Gasteiger partial charge on any atom is -0.134 e. The normalized spacial score (nSPS) is 42.0. The van der Waals surface area contributed by atoms with Crippen LogP contribution in [-0.2, 0) is 0 Å². The molecule has 0 spiro atoms. The summed E-state index contributed by atoms with van der Waals surface area (Å²) in [5.74, 6) is 1.00. The Kier molecular flexibility index (Phi) is 1.69. The molecule has 1 heteroatoms. The van der Waals surface area contributed by atoms with Crippen LogP contribution in [-0.4, -0.2) is 5.66 Å². The van der Waals surface area contributed by atoms with E-state index in [1.165, 1.54) is 19.3 Å². The van der Waals surface area contributed by atoms with Crippen molar-refractivity contribution in [3.8, 4) is 0 Å². The van der Waals surface area contributed by atoms with Crippen LogP contribution in [0, 0.1) is 5.92 Å². The van der Waals surface area contributed by atoms with Gasteiger partial charge in [-0.15, -0.1) is 9.24 Å². The molecular formula is C6H13P. The van der Waals surface area contributed by atoms with Crippen molar-refractivity contribution in [1.82, 2.24) is 0 Å². The second kappa shape index (κ2) is 2.13. The number of rotatable bonds is 0. The van der Waals surface area contributed by atoms with E-state index >= 15 is 0 Å². The Morgan fingerprint density at radius 2 is 2.14 bits per heavy atom. The maximum absolute atomic E-state index is 2.90. The van der Waals surface area contributed by atoms with Crippen LogP contribution in [0.5, 0.6) is 0 Å². The van der Waals surface area contributed by atoms with Crippen LogP contribution in [0.4, 0.5) is 0 Å². The molecule has 7 heavy (non-hydrogen) atoms. The quantitative estimate of drug-likeness (QED) is 0.425. The summed E-state index contributed by atoms with van der Waals surface area (Å²) in [5, 5.41) is 0. The van der Waals surface area contributed by atoms with Crippen LogP contribution in [0.2, 0.25) is 0 Å². The number of hydrogen-bond acceptors (Lipinski definition) is 0. The standard InChI is InChI=1S/C6H13P/c1-5-2-3-6(7)4-5/h5-6H,2-4,7H2,1H3. The minimum atomic E-state index is 0.940. The lowest BCUT2D eigenvalue weighted by atomic mass is 10.1. The van der Waals surface area contributed by atoms with Crippen molar-refractivity contribution < 1.29 is 0 Å². The molecule has 0 radical (unpaired) electrons. The van der Waals surface area contributed by atoms with Gasteiger partial charge in [0.25, 0.3) is 0 Å². The van der Waals surface area contributed by atoms with Gasteiger partial charge in [-0.2, -0.15) is 0 Å². The summed E-state index contributed by atoms with van der Waals surface area (Å²) in [7, 11) is 2.90. The first-order chi connectivity index (χ1) is 3.29. The van der Waals surface area contributed by atoms with Gasteiger partial charge in [-0.25, -0.2) is 0 Å². The van der Waals surface area contributed by atoms with Gasteiger partial charge in [-0.3, -0.25) is 0 Å². The van der Waals surface area contributed by atoms with Crippen LogP contribution in [0.3, 0.4) is 0 Å². The molecule has 1 fully saturated rings. The first kappa shape index (κ1) is 5.56. The van der Waals surface area contributed by atoms with E-state index in [1.807, 2.05) is 0 Å². The Balaban J connectivity index is 2.26. The predicted molar refractivity (Wildman–Crippen MR) is 36.5 cm³/mol. The Morgan fingerprint density at radius 3 is 2.29 bits per heavy atom. The van der Waals surface area contributed by atoms with Crippen LogP contribution in [0.25, 0.3) is 0 Å². The molecular weight excluding hydrogens is 103 g/mol. The van der Waals surface area contributed by atoms with E-state index in [-0.39, 0.29) is 0 Å². The second-order valence-electron chi connectivity index (χ2n) is 2.68. The highest BCUT2D eigenvalue weighted by atomic mass is 31.0. The first-order valence-electron chi connectivity index (χ1n) is 3.04. The smallest absolute Gasteiger partial charge is 0.0262 e. The van der Waals surface area contributed by atoms with Crippen LogP contribution in [0.1, 0.15) is 26.2 Å². The first-order valence-corrected chi connectivity index (χ1v) is 3.71. The van der Waals surface area contributed by atoms with Crippen LogP contribution in [0.15, 0.2) is 0 Å². The van der Waals surface area contributed by atoms with E-state index < -0.39 is 0 Å². The van der Waals surface area contributed by atoms with Gasteiger partial charge < -0.3 is 0 Å². The van der Waals surface area contributed by atoms with Crippen LogP contribution < -0.4 is 0 Å². The molecule has 0 aromatic rings. The van der Waals surface area contributed by atoms with E-state index in [0.717, 1.165) is 11.6 Å². The van der Waals surface area contributed by atoms with E-state index in [4.69, 9.17) is 0 Å². The molecule has 3 unspecified atom stereocenters. The maximum Gasteiger partial charge on any atom is -0.0262 e. The summed E-state index contributed by atoms with van der Waals surface area (Å²) < 4.78 is 0. The van der Waals surface area contributed by atoms with E-state index in [1.54, 1.807) is 0 Å². The zero-order valence-electron chi connectivity index (χ0n) is 4.85. The molecule has 0 amide bonds. The van der Waals surface area contributed by atoms with Crippen molar-refractivity contribution >= 4 is 9.24 Å². The molecule has 0 aromatic heterocycles. The average Bonchev–Trinajstić information content (AvgIpc) is 1.87. The highest BCUT2D eigenvalue weighted by Gasteiger charge is 2.16. The number of hydrogen-bond donors (Lipinski definition) is 0.